The van der Waals surface area contributed by atoms with Gasteiger partial charge in [0.05, 0.1) is 11.9 Å². The highest BCUT2D eigenvalue weighted by atomic mass is 16.2. The molecule has 3 heterocycles. The van der Waals surface area contributed by atoms with Gasteiger partial charge in [0.25, 0.3) is 0 Å². The van der Waals surface area contributed by atoms with Gasteiger partial charge < -0.3 is 10.2 Å². The maximum Gasteiger partial charge on any atom is 0.222 e. The monoisotopic (exact) mass is 340 g/mol. The second-order valence-electron chi connectivity index (χ2n) is 6.78. The van der Waals surface area contributed by atoms with Crippen LogP contribution in [-0.4, -0.2) is 43.8 Å². The molecule has 0 bridgehead atoms. The van der Waals surface area contributed by atoms with E-state index in [0.717, 1.165) is 25.1 Å². The molecule has 2 aromatic rings. The fraction of sp³-hybridized carbons (Fsp3) is 0.500. The van der Waals surface area contributed by atoms with Gasteiger partial charge >= 0.3 is 0 Å². The third-order valence-electron chi connectivity index (χ3n) is 4.28. The average molecular weight is 340 g/mol. The molecule has 25 heavy (non-hydrogen) atoms. The number of rotatable bonds is 5. The molecule has 7 heteroatoms. The van der Waals surface area contributed by atoms with Crippen LogP contribution in [0, 0.1) is 5.92 Å². The van der Waals surface area contributed by atoms with E-state index >= 15 is 0 Å². The maximum atomic E-state index is 12.4. The summed E-state index contributed by atoms with van der Waals surface area (Å²) < 4.78 is 0. The van der Waals surface area contributed by atoms with Crippen LogP contribution in [-0.2, 0) is 4.79 Å². The van der Waals surface area contributed by atoms with E-state index in [0.29, 0.717) is 30.5 Å². The molecule has 7 nitrogen and oxygen atoms in total. The van der Waals surface area contributed by atoms with E-state index in [2.05, 4.69) is 39.1 Å². The van der Waals surface area contributed by atoms with Crippen molar-refractivity contribution in [3.63, 3.8) is 0 Å². The summed E-state index contributed by atoms with van der Waals surface area (Å²) in [6.07, 6.45) is 10.8. The van der Waals surface area contributed by atoms with Gasteiger partial charge in [-0.2, -0.15) is 0 Å². The molecule has 1 aliphatic heterocycles. The van der Waals surface area contributed by atoms with Crippen molar-refractivity contribution < 1.29 is 4.79 Å². The van der Waals surface area contributed by atoms with E-state index in [4.69, 9.17) is 0 Å². The van der Waals surface area contributed by atoms with E-state index in [-0.39, 0.29) is 11.8 Å². The molecule has 0 aliphatic carbocycles. The lowest BCUT2D eigenvalue weighted by Crippen LogP contribution is -2.39. The molecule has 0 aromatic carbocycles. The summed E-state index contributed by atoms with van der Waals surface area (Å²) in [6.45, 7) is 5.67. The minimum absolute atomic E-state index is 0.178. The second-order valence-corrected chi connectivity index (χ2v) is 6.78. The summed E-state index contributed by atoms with van der Waals surface area (Å²) in [5, 5.41) is 3.20. The molecular weight excluding hydrogens is 316 g/mol. The molecule has 1 aliphatic rings. The standard InChI is InChI=1S/C18H24N6O/c1-13(2)10-16(25)24-9-3-4-14(12-24)17-18(22-8-7-21-17)23-15-11-19-5-6-20-15/h5-8,11,13-14H,3-4,9-10,12H2,1-2H3,(H,20,22,23)/t14-/m1/s1. The number of amides is 1. The van der Waals surface area contributed by atoms with Crippen LogP contribution in [0.4, 0.5) is 11.6 Å². The lowest BCUT2D eigenvalue weighted by Gasteiger charge is -2.33. The molecule has 0 spiro atoms. The van der Waals surface area contributed by atoms with Gasteiger partial charge in [-0.1, -0.05) is 13.8 Å². The van der Waals surface area contributed by atoms with Gasteiger partial charge in [-0.05, 0) is 18.8 Å². The zero-order valence-corrected chi connectivity index (χ0v) is 14.7. The smallest absolute Gasteiger partial charge is 0.222 e. The van der Waals surface area contributed by atoms with Crippen molar-refractivity contribution in [1.82, 2.24) is 24.8 Å². The average Bonchev–Trinajstić information content (AvgIpc) is 2.63. The van der Waals surface area contributed by atoms with E-state index in [9.17, 15) is 4.79 Å². The Balaban J connectivity index is 1.76. The van der Waals surface area contributed by atoms with Gasteiger partial charge in [0, 0.05) is 50.2 Å². The summed E-state index contributed by atoms with van der Waals surface area (Å²) in [5.74, 6) is 2.10. The molecule has 1 fully saturated rings. The lowest BCUT2D eigenvalue weighted by molar-refractivity contribution is -0.133. The van der Waals surface area contributed by atoms with Crippen LogP contribution < -0.4 is 5.32 Å². The molecule has 1 amide bonds. The first-order valence-electron chi connectivity index (χ1n) is 8.75. The van der Waals surface area contributed by atoms with Crippen LogP contribution in [0.1, 0.15) is 44.7 Å². The third kappa shape index (κ3) is 4.49. The van der Waals surface area contributed by atoms with Gasteiger partial charge in [-0.3, -0.25) is 14.8 Å². The van der Waals surface area contributed by atoms with Gasteiger partial charge in [-0.25, -0.2) is 9.97 Å². The van der Waals surface area contributed by atoms with Crippen LogP contribution in [0.5, 0.6) is 0 Å². The van der Waals surface area contributed by atoms with Crippen molar-refractivity contribution in [2.45, 2.75) is 39.0 Å². The molecule has 0 radical (unpaired) electrons. The number of anilines is 2. The summed E-state index contributed by atoms with van der Waals surface area (Å²) in [6, 6.07) is 0. The van der Waals surface area contributed by atoms with E-state index in [1.807, 2.05) is 4.90 Å². The molecule has 3 rings (SSSR count). The number of nitrogens with zero attached hydrogens (tertiary/aromatic N) is 5. The lowest BCUT2D eigenvalue weighted by atomic mass is 9.93. The van der Waals surface area contributed by atoms with Crippen LogP contribution >= 0.6 is 0 Å². The minimum atomic E-state index is 0.178. The second kappa shape index (κ2) is 8.00. The topological polar surface area (TPSA) is 83.9 Å². The molecule has 0 unspecified atom stereocenters. The highest BCUT2D eigenvalue weighted by molar-refractivity contribution is 5.76. The summed E-state index contributed by atoms with van der Waals surface area (Å²) in [4.78, 5) is 31.6. The third-order valence-corrected chi connectivity index (χ3v) is 4.28. The van der Waals surface area contributed by atoms with E-state index in [1.54, 1.807) is 31.0 Å². The molecule has 2 aromatic heterocycles. The van der Waals surface area contributed by atoms with Gasteiger partial charge in [0.1, 0.15) is 5.82 Å². The Labute approximate surface area is 147 Å². The number of piperidine rings is 1. The summed E-state index contributed by atoms with van der Waals surface area (Å²) >= 11 is 0. The predicted octanol–water partition coefficient (Wildman–Crippen LogP) is 2.76. The first-order valence-corrected chi connectivity index (χ1v) is 8.75. The number of hydrogen-bond acceptors (Lipinski definition) is 6. The first-order chi connectivity index (χ1) is 12.1. The van der Waals surface area contributed by atoms with E-state index < -0.39 is 0 Å². The molecule has 0 saturated carbocycles. The van der Waals surface area contributed by atoms with Crippen LogP contribution in [0.3, 0.4) is 0 Å². The SMILES string of the molecule is CC(C)CC(=O)N1CCC[C@@H](c2nccnc2Nc2cnccn2)C1. The first kappa shape index (κ1) is 17.3. The molecule has 132 valence electrons. The Bertz CT molecular complexity index is 706. The van der Waals surface area contributed by atoms with Gasteiger partial charge in [-0.15, -0.1) is 0 Å². The minimum Gasteiger partial charge on any atom is -0.342 e. The number of aromatic nitrogens is 4. The fourth-order valence-corrected chi connectivity index (χ4v) is 3.13. The summed E-state index contributed by atoms with van der Waals surface area (Å²) in [7, 11) is 0. The Morgan fingerprint density at radius 1 is 1.24 bits per heavy atom. The Morgan fingerprint density at radius 3 is 2.80 bits per heavy atom. The normalized spacial score (nSPS) is 17.6. The van der Waals surface area contributed by atoms with Crippen molar-refractivity contribution in [2.24, 2.45) is 5.92 Å². The number of hydrogen-bond donors (Lipinski definition) is 1. The predicted molar refractivity (Wildman–Crippen MR) is 95.4 cm³/mol. The highest BCUT2D eigenvalue weighted by Gasteiger charge is 2.27. The number of likely N-dealkylation sites (tertiary alicyclic amines) is 1. The number of carbonyl (C=O) groups is 1. The Morgan fingerprint density at radius 2 is 2.04 bits per heavy atom. The highest BCUT2D eigenvalue weighted by Crippen LogP contribution is 2.30. The Hall–Kier alpha value is -2.57. The zero-order valence-electron chi connectivity index (χ0n) is 14.7. The molecule has 1 atom stereocenters. The van der Waals surface area contributed by atoms with Crippen molar-refractivity contribution in [2.75, 3.05) is 18.4 Å². The quantitative estimate of drug-likeness (QED) is 0.901. The van der Waals surface area contributed by atoms with Crippen LogP contribution in [0.25, 0.3) is 0 Å². The van der Waals surface area contributed by atoms with Crippen LogP contribution in [0.15, 0.2) is 31.0 Å². The van der Waals surface area contributed by atoms with Crippen molar-refractivity contribution in [1.29, 1.82) is 0 Å². The fourth-order valence-electron chi connectivity index (χ4n) is 3.13. The molecule has 1 N–H and O–H groups in total. The van der Waals surface area contributed by atoms with Crippen molar-refractivity contribution >= 4 is 17.5 Å². The number of carbonyl (C=O) groups excluding carboxylic acids is 1. The van der Waals surface area contributed by atoms with Crippen LogP contribution in [0.2, 0.25) is 0 Å². The van der Waals surface area contributed by atoms with E-state index in [1.165, 1.54) is 0 Å². The number of nitrogens with one attached hydrogen (secondary N) is 1. The molecular formula is C18H24N6O. The van der Waals surface area contributed by atoms with Gasteiger partial charge in [0.15, 0.2) is 5.82 Å². The maximum absolute atomic E-state index is 12.4. The summed E-state index contributed by atoms with van der Waals surface area (Å²) in [5.41, 5.74) is 0.884. The van der Waals surface area contributed by atoms with Crippen molar-refractivity contribution in [3.05, 3.63) is 36.7 Å². The van der Waals surface area contributed by atoms with Gasteiger partial charge in [0.2, 0.25) is 5.91 Å². The zero-order chi connectivity index (χ0) is 17.6. The van der Waals surface area contributed by atoms with Crippen molar-refractivity contribution in [3.8, 4) is 0 Å². The molecule has 1 saturated heterocycles. The Kier molecular flexibility index (Phi) is 5.53. The largest absolute Gasteiger partial charge is 0.342 e.